The minimum absolute atomic E-state index is 0.132. The van der Waals surface area contributed by atoms with E-state index in [9.17, 15) is 12.8 Å². The van der Waals surface area contributed by atoms with E-state index in [-0.39, 0.29) is 16.8 Å². The van der Waals surface area contributed by atoms with Gasteiger partial charge >= 0.3 is 0 Å². The molecule has 0 spiro atoms. The average Bonchev–Trinajstić information content (AvgIpc) is 3.44. The summed E-state index contributed by atoms with van der Waals surface area (Å²) >= 11 is 0. The van der Waals surface area contributed by atoms with Crippen LogP contribution in [0.1, 0.15) is 18.5 Å². The fraction of sp³-hybridized carbons (Fsp3) is 0.320. The number of halogens is 1. The van der Waals surface area contributed by atoms with Crippen LogP contribution >= 0.6 is 0 Å². The molecule has 3 aromatic carbocycles. The molecule has 4 aromatic rings. The van der Waals surface area contributed by atoms with Gasteiger partial charge < -0.3 is 14.2 Å². The van der Waals surface area contributed by atoms with E-state index in [0.29, 0.717) is 18.5 Å². The Morgan fingerprint density at radius 1 is 1.15 bits per heavy atom. The summed E-state index contributed by atoms with van der Waals surface area (Å²) in [5.74, 6) is 0.391. The van der Waals surface area contributed by atoms with E-state index in [1.807, 2.05) is 18.2 Å². The van der Waals surface area contributed by atoms with Crippen LogP contribution in [0, 0.1) is 5.82 Å². The molecule has 5 rings (SSSR count). The Bertz CT molecular complexity index is 1440. The number of methoxy groups -OCH3 is 1. The zero-order valence-corrected chi connectivity index (χ0v) is 19.6. The van der Waals surface area contributed by atoms with Gasteiger partial charge in [-0.1, -0.05) is 17.3 Å². The molecule has 1 saturated heterocycles. The molecule has 0 radical (unpaired) electrons. The molecule has 9 heteroatoms. The third kappa shape index (κ3) is 4.77. The van der Waals surface area contributed by atoms with Crippen molar-refractivity contribution in [1.29, 1.82) is 0 Å². The van der Waals surface area contributed by atoms with Gasteiger partial charge in [0.15, 0.2) is 5.58 Å². The molecule has 1 N–H and O–H groups in total. The van der Waals surface area contributed by atoms with Crippen LogP contribution in [-0.2, 0) is 16.4 Å². The molecule has 34 heavy (non-hydrogen) atoms. The second-order valence-corrected chi connectivity index (χ2v) is 10.4. The fourth-order valence-electron chi connectivity index (χ4n) is 4.53. The molecule has 0 saturated carbocycles. The average molecular weight is 484 g/mol. The minimum atomic E-state index is -3.62. The van der Waals surface area contributed by atoms with Gasteiger partial charge in [0.2, 0.25) is 10.0 Å². The zero-order chi connectivity index (χ0) is 23.7. The summed E-state index contributed by atoms with van der Waals surface area (Å²) in [6.45, 7) is 2.32. The molecule has 1 atom stereocenters. The van der Waals surface area contributed by atoms with Crippen molar-refractivity contribution in [3.63, 3.8) is 0 Å². The standard InChI is InChI=1S/C25H26FN3O4S/c1-32-21-7-4-18-14-22(8-5-17(18)13-21)34(30,31)28-20-10-12-29(16-20)11-2-3-24-23-9-6-19(26)15-25(23)33-27-24/h4-9,13-15,20,28H,2-3,10-12,16H2,1H3/t20-/m0/s1. The number of aromatic nitrogens is 1. The quantitative estimate of drug-likeness (QED) is 0.406. The number of nitrogens with one attached hydrogen (secondary N) is 1. The number of sulfonamides is 1. The van der Waals surface area contributed by atoms with Crippen molar-refractivity contribution in [3.05, 3.63) is 66.1 Å². The highest BCUT2D eigenvalue weighted by Crippen LogP contribution is 2.25. The van der Waals surface area contributed by atoms with E-state index in [1.165, 1.54) is 12.1 Å². The molecule has 0 unspecified atom stereocenters. The highest BCUT2D eigenvalue weighted by atomic mass is 32.2. The summed E-state index contributed by atoms with van der Waals surface area (Å²) in [4.78, 5) is 2.51. The van der Waals surface area contributed by atoms with E-state index in [0.717, 1.165) is 53.5 Å². The second kappa shape index (κ2) is 9.32. The molecule has 1 aliphatic rings. The summed E-state index contributed by atoms with van der Waals surface area (Å²) in [7, 11) is -2.01. The lowest BCUT2D eigenvalue weighted by Crippen LogP contribution is -2.37. The topological polar surface area (TPSA) is 84.7 Å². The number of likely N-dealkylation sites (tertiary alicyclic amines) is 1. The van der Waals surface area contributed by atoms with Crippen molar-refractivity contribution in [2.75, 3.05) is 26.7 Å². The molecule has 0 amide bonds. The van der Waals surface area contributed by atoms with Crippen LogP contribution in [-0.4, -0.2) is 51.3 Å². The first-order valence-electron chi connectivity index (χ1n) is 11.3. The van der Waals surface area contributed by atoms with Crippen LogP contribution in [0.4, 0.5) is 4.39 Å². The van der Waals surface area contributed by atoms with Crippen LogP contribution in [0.3, 0.4) is 0 Å². The van der Waals surface area contributed by atoms with Crippen molar-refractivity contribution in [3.8, 4) is 5.75 Å². The summed E-state index contributed by atoms with van der Waals surface area (Å²) in [5.41, 5.74) is 1.28. The molecular formula is C25H26FN3O4S. The number of rotatable bonds is 8. The highest BCUT2D eigenvalue weighted by Gasteiger charge is 2.27. The second-order valence-electron chi connectivity index (χ2n) is 8.66. The Kier molecular flexibility index (Phi) is 6.24. The Morgan fingerprint density at radius 3 is 2.82 bits per heavy atom. The van der Waals surface area contributed by atoms with Gasteiger partial charge in [0.25, 0.3) is 0 Å². The van der Waals surface area contributed by atoms with Gasteiger partial charge in [-0.2, -0.15) is 0 Å². The Morgan fingerprint density at radius 2 is 1.97 bits per heavy atom. The SMILES string of the molecule is COc1ccc2cc(S(=O)(=O)N[C@H]3CCN(CCCc4noc5cc(F)ccc45)C3)ccc2c1. The number of ether oxygens (including phenoxy) is 1. The van der Waals surface area contributed by atoms with Gasteiger partial charge in [0.05, 0.1) is 17.7 Å². The van der Waals surface area contributed by atoms with Gasteiger partial charge in [-0.25, -0.2) is 17.5 Å². The van der Waals surface area contributed by atoms with Crippen LogP contribution in [0.25, 0.3) is 21.7 Å². The predicted molar refractivity (Wildman–Crippen MR) is 128 cm³/mol. The van der Waals surface area contributed by atoms with Crippen LogP contribution in [0.15, 0.2) is 64.0 Å². The van der Waals surface area contributed by atoms with Crippen LogP contribution in [0.2, 0.25) is 0 Å². The molecule has 1 aliphatic heterocycles. The largest absolute Gasteiger partial charge is 0.497 e. The van der Waals surface area contributed by atoms with Crippen molar-refractivity contribution in [2.45, 2.75) is 30.2 Å². The molecule has 0 aliphatic carbocycles. The van der Waals surface area contributed by atoms with E-state index in [4.69, 9.17) is 9.26 Å². The summed E-state index contributed by atoms with van der Waals surface area (Å²) in [6, 6.07) is 15.0. The zero-order valence-electron chi connectivity index (χ0n) is 18.8. The summed E-state index contributed by atoms with van der Waals surface area (Å²) < 4.78 is 52.6. The molecule has 178 valence electrons. The number of hydrogen-bond donors (Lipinski definition) is 1. The first kappa shape index (κ1) is 22.8. The lowest BCUT2D eigenvalue weighted by Gasteiger charge is -2.16. The number of fused-ring (bicyclic) bond motifs is 2. The van der Waals surface area contributed by atoms with E-state index >= 15 is 0 Å². The van der Waals surface area contributed by atoms with Gasteiger partial charge in [-0.05, 0) is 79.5 Å². The molecule has 1 fully saturated rings. The maximum absolute atomic E-state index is 13.3. The lowest BCUT2D eigenvalue weighted by molar-refractivity contribution is 0.326. The smallest absolute Gasteiger partial charge is 0.240 e. The highest BCUT2D eigenvalue weighted by molar-refractivity contribution is 7.89. The van der Waals surface area contributed by atoms with Gasteiger partial charge in [-0.15, -0.1) is 0 Å². The monoisotopic (exact) mass is 483 g/mol. The van der Waals surface area contributed by atoms with Crippen molar-refractivity contribution in [1.82, 2.24) is 14.8 Å². The molecule has 0 bridgehead atoms. The van der Waals surface area contributed by atoms with Crippen molar-refractivity contribution < 1.29 is 22.1 Å². The molecular weight excluding hydrogens is 457 g/mol. The van der Waals surface area contributed by atoms with Crippen molar-refractivity contribution >= 4 is 31.8 Å². The Labute approximate surface area is 197 Å². The predicted octanol–water partition coefficient (Wildman–Crippen LogP) is 4.11. The van der Waals surface area contributed by atoms with E-state index in [1.54, 1.807) is 31.4 Å². The third-order valence-corrected chi connectivity index (χ3v) is 7.84. The van der Waals surface area contributed by atoms with Gasteiger partial charge in [-0.3, -0.25) is 0 Å². The fourth-order valence-corrected chi connectivity index (χ4v) is 5.83. The first-order valence-corrected chi connectivity index (χ1v) is 12.8. The summed E-state index contributed by atoms with van der Waals surface area (Å²) in [5, 5.41) is 6.68. The number of nitrogens with zero attached hydrogens (tertiary/aromatic N) is 2. The lowest BCUT2D eigenvalue weighted by atomic mass is 10.1. The molecule has 2 heterocycles. The maximum atomic E-state index is 13.3. The molecule has 7 nitrogen and oxygen atoms in total. The van der Waals surface area contributed by atoms with Gasteiger partial charge in [0, 0.05) is 24.0 Å². The van der Waals surface area contributed by atoms with E-state index in [2.05, 4.69) is 14.8 Å². The van der Waals surface area contributed by atoms with Crippen LogP contribution in [0.5, 0.6) is 5.75 Å². The van der Waals surface area contributed by atoms with Gasteiger partial charge in [0.1, 0.15) is 11.6 Å². The summed E-state index contributed by atoms with van der Waals surface area (Å²) in [6.07, 6.45) is 2.33. The minimum Gasteiger partial charge on any atom is -0.497 e. The normalized spacial score (nSPS) is 17.1. The number of benzene rings is 3. The van der Waals surface area contributed by atoms with Crippen LogP contribution < -0.4 is 9.46 Å². The molecule has 1 aromatic heterocycles. The first-order chi connectivity index (χ1) is 16.4. The Hall–Kier alpha value is -3.01. The number of hydrogen-bond acceptors (Lipinski definition) is 6. The third-order valence-electron chi connectivity index (χ3n) is 6.32. The maximum Gasteiger partial charge on any atom is 0.240 e. The Balaban J connectivity index is 1.16. The van der Waals surface area contributed by atoms with E-state index < -0.39 is 10.0 Å². The number of aryl methyl sites for hydroxylation is 1. The van der Waals surface area contributed by atoms with Crippen molar-refractivity contribution in [2.24, 2.45) is 0 Å².